The molecule has 0 aromatic carbocycles. The number of likely N-dealkylation sites (tertiary alicyclic amines) is 1. The maximum absolute atomic E-state index is 12.0. The number of carboxylic acid groups (broad SMARTS) is 3. The molecule has 7 atom stereocenters. The van der Waals surface area contributed by atoms with Gasteiger partial charge in [-0.25, -0.2) is 0 Å². The quantitative estimate of drug-likeness (QED) is 0.0243. The van der Waals surface area contributed by atoms with Gasteiger partial charge in [0.25, 0.3) is 0 Å². The maximum Gasteiger partial charge on any atom is 0.311 e. The molecule has 0 bridgehead atoms. The van der Waals surface area contributed by atoms with Crippen molar-refractivity contribution < 1.29 is 136 Å². The number of amides is 1. The van der Waals surface area contributed by atoms with Crippen LogP contribution in [0.5, 0.6) is 0 Å². The summed E-state index contributed by atoms with van der Waals surface area (Å²) in [6.45, 7) is 70.2. The molecule has 6 N–H and O–H groups in total. The molecule has 7 unspecified atom stereocenters. The van der Waals surface area contributed by atoms with Crippen LogP contribution in [0.1, 0.15) is 318 Å². The normalized spacial score (nSPS) is 13.1. The van der Waals surface area contributed by atoms with Crippen LogP contribution >= 0.6 is 0 Å². The molecule has 0 aliphatic carbocycles. The molecule has 147 heavy (non-hydrogen) atoms. The molecule has 880 valence electrons. The van der Waals surface area contributed by atoms with Gasteiger partial charge in [0.2, 0.25) is 5.91 Å². The van der Waals surface area contributed by atoms with E-state index in [4.69, 9.17) is 59.1 Å². The van der Waals surface area contributed by atoms with Crippen molar-refractivity contribution in [2.45, 2.75) is 336 Å². The first-order chi connectivity index (χ1) is 67.4. The van der Waals surface area contributed by atoms with Crippen molar-refractivity contribution in [3.05, 3.63) is 0 Å². The summed E-state index contributed by atoms with van der Waals surface area (Å²) in [5, 5.41) is 49.4. The number of nitrogens with zero attached hydrogens (tertiary/aromatic N) is 9. The lowest BCUT2D eigenvalue weighted by Gasteiger charge is -2.28. The summed E-state index contributed by atoms with van der Waals surface area (Å²) in [5.74, 6) is -3.75. The molecule has 0 aromatic heterocycles. The average molecular weight is 2120 g/mol. The maximum atomic E-state index is 12.0. The second kappa shape index (κ2) is 96.9. The second-order valence-corrected chi connectivity index (χ2v) is 42.8. The molecule has 37 heteroatoms. The minimum Gasteiger partial charge on any atom is -0.481 e. The van der Waals surface area contributed by atoms with Gasteiger partial charge in [-0.15, -0.1) is 0 Å². The first-order valence-corrected chi connectivity index (χ1v) is 53.0. The Hall–Kier alpha value is -7.33. The molecule has 1 aliphatic rings. The van der Waals surface area contributed by atoms with E-state index in [0.717, 1.165) is 155 Å². The van der Waals surface area contributed by atoms with Gasteiger partial charge in [0.1, 0.15) is 58.5 Å². The smallest absolute Gasteiger partial charge is 0.311 e. The highest BCUT2D eigenvalue weighted by Crippen LogP contribution is 2.27. The van der Waals surface area contributed by atoms with Gasteiger partial charge in [0.15, 0.2) is 0 Å². The van der Waals surface area contributed by atoms with Crippen LogP contribution in [0.2, 0.25) is 0 Å². The zero-order chi connectivity index (χ0) is 118. The third kappa shape index (κ3) is 103. The van der Waals surface area contributed by atoms with Crippen molar-refractivity contribution in [2.24, 2.45) is 68.0 Å². The molecule has 1 fully saturated rings. The molecule has 0 saturated carbocycles. The molecule has 1 saturated heterocycles. The van der Waals surface area contributed by atoms with Crippen molar-refractivity contribution in [2.75, 3.05) is 238 Å². The first kappa shape index (κ1) is 165. The van der Waals surface area contributed by atoms with Crippen LogP contribution in [0.4, 0.5) is 0 Å². The zero-order valence-electron chi connectivity index (χ0n) is 102. The molecule has 37 nitrogen and oxygen atoms in total. The fourth-order valence-electron chi connectivity index (χ4n) is 8.69. The Kier molecular flexibility index (Phi) is 109. The monoisotopic (exact) mass is 2120 g/mol. The summed E-state index contributed by atoms with van der Waals surface area (Å²) in [6, 6.07) is 0.454. The number of carboxylic acids is 3. The lowest BCUT2D eigenvalue weighted by molar-refractivity contribution is -0.162. The van der Waals surface area contributed by atoms with Crippen LogP contribution in [0, 0.1) is 68.0 Å². The van der Waals surface area contributed by atoms with Crippen molar-refractivity contribution in [3.8, 4) is 0 Å². The standard InChI is InChI=1S/2C13H28N2O2.4C10H21NO2.C8H15NO.3C7H14O3.3C5H10O2/c2*1-8-13(2,3)12(16)17-11(9-14(4)5)10-15(6)7;4*1-6-10(2,3)9(12)13-8-7-11(4)5;1-3-7(2)9-6-4-5-8(9)10;3*1-3-6(2)7(9)10-5-4-8;3*1-3-4(2)5(6)7/h2*11H,8-10H2,1-7H3;4*6-8H2,1-5H3;7H,3-6H2,1-2H3;3*6,8H,3-5H2,1-2H3;3*4H,3H2,1-2H3,(H,6,7). The van der Waals surface area contributed by atoms with Crippen LogP contribution in [0.25, 0.3) is 0 Å². The Morgan fingerprint density at radius 3 is 0.585 bits per heavy atom. The number of aliphatic hydroxyl groups is 3. The molecule has 0 radical (unpaired) electrons. The minimum atomic E-state index is -0.706. The summed E-state index contributed by atoms with van der Waals surface area (Å²) in [6.07, 6.45) is 12.1. The summed E-state index contributed by atoms with van der Waals surface area (Å²) >= 11 is 0. The Bertz CT molecular complexity index is 2980. The van der Waals surface area contributed by atoms with E-state index in [1.807, 2.05) is 323 Å². The van der Waals surface area contributed by atoms with Gasteiger partial charge < -0.3 is 117 Å². The van der Waals surface area contributed by atoms with Gasteiger partial charge in [-0.3, -0.25) is 62.3 Å². The second-order valence-electron chi connectivity index (χ2n) is 42.8. The highest BCUT2D eigenvalue weighted by molar-refractivity contribution is 5.80. The van der Waals surface area contributed by atoms with Crippen LogP contribution in [-0.2, 0) is 105 Å². The molecule has 0 aromatic rings. The van der Waals surface area contributed by atoms with Gasteiger partial charge >= 0.3 is 71.6 Å². The molecule has 1 aliphatic heterocycles. The highest BCUT2D eigenvalue weighted by Gasteiger charge is 2.34. The summed E-state index contributed by atoms with van der Waals surface area (Å²) in [4.78, 5) is 161. The molecular weight excluding hydrogens is 1900 g/mol. The number of aliphatic carboxylic acids is 3. The van der Waals surface area contributed by atoms with Crippen molar-refractivity contribution in [1.82, 2.24) is 44.1 Å². The Morgan fingerprint density at radius 2 is 0.463 bits per heavy atom. The van der Waals surface area contributed by atoms with Crippen LogP contribution in [0.3, 0.4) is 0 Å². The van der Waals surface area contributed by atoms with E-state index in [2.05, 4.69) is 28.1 Å². The van der Waals surface area contributed by atoms with Gasteiger partial charge in [-0.1, -0.05) is 132 Å². The van der Waals surface area contributed by atoms with E-state index in [1.165, 1.54) is 0 Å². The number of carbonyl (C=O) groups excluding carboxylic acids is 10. The number of hydrogen-bond donors (Lipinski definition) is 6. The number of carbonyl (C=O) groups is 13. The van der Waals surface area contributed by atoms with Crippen molar-refractivity contribution in [3.63, 3.8) is 0 Å². The van der Waals surface area contributed by atoms with Crippen molar-refractivity contribution >= 4 is 77.5 Å². The Labute approximate surface area is 894 Å². The van der Waals surface area contributed by atoms with E-state index in [9.17, 15) is 62.3 Å². The van der Waals surface area contributed by atoms with Gasteiger partial charge in [0.05, 0.1) is 87.8 Å². The van der Waals surface area contributed by atoms with Crippen LogP contribution in [-0.4, -0.2) is 408 Å². The fourth-order valence-corrected chi connectivity index (χ4v) is 8.69. The highest BCUT2D eigenvalue weighted by atomic mass is 16.6. The van der Waals surface area contributed by atoms with E-state index < -0.39 is 28.7 Å². The Balaban J connectivity index is -0.000000135. The number of rotatable bonds is 54. The predicted octanol–water partition coefficient (Wildman–Crippen LogP) is 15.5. The fraction of sp³-hybridized carbons (Fsp3) is 0.882. The lowest BCUT2D eigenvalue weighted by Crippen LogP contribution is -2.41. The van der Waals surface area contributed by atoms with E-state index >= 15 is 0 Å². The third-order valence-electron chi connectivity index (χ3n) is 23.9. The molecule has 1 amide bonds. The average Bonchev–Trinajstić information content (AvgIpc) is 1.22. The van der Waals surface area contributed by atoms with Crippen LogP contribution < -0.4 is 0 Å². The minimum absolute atomic E-state index is 0.0495. The number of likely N-dealkylation sites (N-methyl/N-ethyl adjacent to an activating group) is 8. The summed E-state index contributed by atoms with van der Waals surface area (Å²) < 4.78 is 45.7. The molecular formula is C110H227N9O28. The van der Waals surface area contributed by atoms with E-state index in [0.29, 0.717) is 38.4 Å². The number of hydrogen-bond acceptors (Lipinski definition) is 33. The first-order valence-electron chi connectivity index (χ1n) is 53.0. The van der Waals surface area contributed by atoms with E-state index in [-0.39, 0.29) is 163 Å². The molecule has 1 rings (SSSR count). The summed E-state index contributed by atoms with van der Waals surface area (Å²) in [5.41, 5.74) is -2.15. The largest absolute Gasteiger partial charge is 0.481 e. The Morgan fingerprint density at radius 1 is 0.279 bits per heavy atom. The van der Waals surface area contributed by atoms with Gasteiger partial charge in [0, 0.05) is 71.4 Å². The zero-order valence-corrected chi connectivity index (χ0v) is 102. The predicted molar refractivity (Wildman–Crippen MR) is 591 cm³/mol. The third-order valence-corrected chi connectivity index (χ3v) is 23.9. The number of aliphatic hydroxyl groups excluding tert-OH is 3. The van der Waals surface area contributed by atoms with Crippen LogP contribution in [0.15, 0.2) is 0 Å². The topological polar surface area (TPSA) is 456 Å². The molecule has 0 spiro atoms. The number of esters is 9. The molecule has 1 heterocycles. The van der Waals surface area contributed by atoms with E-state index in [1.54, 1.807) is 41.5 Å². The van der Waals surface area contributed by atoms with Crippen molar-refractivity contribution in [1.29, 1.82) is 0 Å². The van der Waals surface area contributed by atoms with Gasteiger partial charge in [-0.05, 0) is 293 Å². The SMILES string of the molecule is CCC(C)(C)C(=O)OC(CN(C)C)CN(C)C.CCC(C)(C)C(=O)OC(CN(C)C)CN(C)C.CCC(C)(C)C(=O)OCCN(C)C.CCC(C)(C)C(=O)OCCN(C)C.CCC(C)(C)C(=O)OCCN(C)C.CCC(C)(C)C(=O)OCCN(C)C.CCC(C)C(=O)O.CCC(C)C(=O)O.CCC(C)C(=O)O.CCC(C)C(=O)OCCO.CCC(C)C(=O)OCCO.CCC(C)C(=O)OCCO.CCC(C)N1CCCC1=O. The summed E-state index contributed by atoms with van der Waals surface area (Å²) in [7, 11) is 31.6. The lowest BCUT2D eigenvalue weighted by atomic mass is 9.90. The number of ether oxygens (including phenoxy) is 9. The van der Waals surface area contributed by atoms with Gasteiger partial charge in [-0.2, -0.15) is 0 Å².